The van der Waals surface area contributed by atoms with E-state index in [9.17, 15) is 9.18 Å². The summed E-state index contributed by atoms with van der Waals surface area (Å²) in [6.07, 6.45) is 4.99. The number of aromatic nitrogens is 2. The topological polar surface area (TPSA) is 66.3 Å². The molecule has 1 aliphatic carbocycles. The van der Waals surface area contributed by atoms with Crippen LogP contribution in [0.25, 0.3) is 20.9 Å². The Morgan fingerprint density at radius 1 is 1.09 bits per heavy atom. The normalized spacial score (nSPS) is 17.1. The summed E-state index contributed by atoms with van der Waals surface area (Å²) in [6.45, 7) is 1.86. The van der Waals surface area contributed by atoms with E-state index in [1.165, 1.54) is 16.9 Å². The first-order valence-electron chi connectivity index (χ1n) is 11.3. The van der Waals surface area contributed by atoms with Crippen molar-refractivity contribution in [3.05, 3.63) is 95.5 Å². The van der Waals surface area contributed by atoms with Gasteiger partial charge < -0.3 is 10.0 Å². The van der Waals surface area contributed by atoms with E-state index in [0.717, 1.165) is 28.1 Å². The Morgan fingerprint density at radius 3 is 2.59 bits per heavy atom. The number of hydrogen-bond acceptors (Lipinski definition) is 5. The van der Waals surface area contributed by atoms with Crippen molar-refractivity contribution in [1.82, 2.24) is 14.9 Å². The van der Waals surface area contributed by atoms with Crippen LogP contribution in [0.15, 0.2) is 72.8 Å². The number of pyridine rings is 1. The molecule has 2 aliphatic rings. The molecule has 2 aromatic carbocycles. The van der Waals surface area contributed by atoms with Gasteiger partial charge in [-0.3, -0.25) is 4.79 Å². The summed E-state index contributed by atoms with van der Waals surface area (Å²) in [6, 6.07) is 19.5. The number of carboxylic acid groups (broad SMARTS) is 1. The van der Waals surface area contributed by atoms with Crippen LogP contribution < -0.4 is 0 Å². The Bertz CT molecular complexity index is 1420. The van der Waals surface area contributed by atoms with Gasteiger partial charge in [-0.25, -0.2) is 14.4 Å². The number of aliphatic carboxylic acids is 1. The summed E-state index contributed by atoms with van der Waals surface area (Å²) in [5.74, 6) is -1.31. The first-order chi connectivity index (χ1) is 16.5. The molecule has 1 aliphatic heterocycles. The van der Waals surface area contributed by atoms with Crippen LogP contribution in [0, 0.1) is 11.7 Å². The molecule has 0 atom stereocenters. The maximum Gasteiger partial charge on any atom is 0.309 e. The minimum Gasteiger partial charge on any atom is -0.481 e. The average Bonchev–Trinajstić information content (AvgIpc) is 3.51. The predicted octanol–water partition coefficient (Wildman–Crippen LogP) is 4.91. The first-order valence-corrected chi connectivity index (χ1v) is 12.1. The van der Waals surface area contributed by atoms with Gasteiger partial charge in [-0.1, -0.05) is 59.9 Å². The Labute approximate surface area is 200 Å². The van der Waals surface area contributed by atoms with Gasteiger partial charge in [0, 0.05) is 25.2 Å². The zero-order valence-electron chi connectivity index (χ0n) is 18.3. The Kier molecular flexibility index (Phi) is 5.04. The third-order valence-corrected chi connectivity index (χ3v) is 7.72. The largest absolute Gasteiger partial charge is 0.481 e. The van der Waals surface area contributed by atoms with Crippen molar-refractivity contribution < 1.29 is 14.3 Å². The summed E-state index contributed by atoms with van der Waals surface area (Å²) in [7, 11) is 0. The minimum absolute atomic E-state index is 0.257. The molecule has 4 aromatic rings. The highest BCUT2D eigenvalue weighted by Gasteiger charge is 2.39. The van der Waals surface area contributed by atoms with Crippen LogP contribution in [0.4, 0.5) is 4.39 Å². The van der Waals surface area contributed by atoms with E-state index in [0.29, 0.717) is 30.1 Å². The van der Waals surface area contributed by atoms with Crippen molar-refractivity contribution in [2.75, 3.05) is 19.6 Å². The van der Waals surface area contributed by atoms with Crippen molar-refractivity contribution in [1.29, 1.82) is 0 Å². The lowest BCUT2D eigenvalue weighted by molar-refractivity contribution is -0.147. The van der Waals surface area contributed by atoms with Crippen molar-refractivity contribution in [2.45, 2.75) is 11.8 Å². The van der Waals surface area contributed by atoms with E-state index in [1.807, 2.05) is 36.4 Å². The minimum atomic E-state index is -0.743. The number of thiazole rings is 1. The maximum atomic E-state index is 15.0. The summed E-state index contributed by atoms with van der Waals surface area (Å²) >= 11 is 1.40. The van der Waals surface area contributed by atoms with Crippen LogP contribution in [0.1, 0.15) is 16.8 Å². The van der Waals surface area contributed by atoms with E-state index >= 15 is 0 Å². The molecular weight excluding hydrogens is 449 g/mol. The quantitative estimate of drug-likeness (QED) is 0.388. The number of hydrogen-bond donors (Lipinski definition) is 1. The highest BCUT2D eigenvalue weighted by molar-refractivity contribution is 7.21. The van der Waals surface area contributed by atoms with E-state index in [-0.39, 0.29) is 17.2 Å². The van der Waals surface area contributed by atoms with Gasteiger partial charge in [0.2, 0.25) is 0 Å². The molecule has 0 unspecified atom stereocenters. The van der Waals surface area contributed by atoms with Gasteiger partial charge in [0.1, 0.15) is 21.2 Å². The average molecular weight is 472 g/mol. The van der Waals surface area contributed by atoms with Gasteiger partial charge in [-0.2, -0.15) is 0 Å². The zero-order chi connectivity index (χ0) is 23.3. The molecule has 6 rings (SSSR count). The summed E-state index contributed by atoms with van der Waals surface area (Å²) in [5, 5.41) is 9.60. The molecule has 1 N–H and O–H groups in total. The van der Waals surface area contributed by atoms with Crippen molar-refractivity contribution in [3.8, 4) is 10.6 Å². The van der Waals surface area contributed by atoms with E-state index in [1.54, 1.807) is 12.1 Å². The number of likely N-dealkylation sites (tertiary alicyclic amines) is 1. The smallest absolute Gasteiger partial charge is 0.309 e. The molecule has 0 amide bonds. The van der Waals surface area contributed by atoms with Gasteiger partial charge >= 0.3 is 5.97 Å². The molecular formula is C27H22FN3O2S. The van der Waals surface area contributed by atoms with Crippen molar-refractivity contribution in [3.63, 3.8) is 0 Å². The number of rotatable bonds is 7. The number of carboxylic acids is 1. The molecule has 2 aromatic heterocycles. The molecule has 1 saturated heterocycles. The molecule has 0 bridgehead atoms. The predicted molar refractivity (Wildman–Crippen MR) is 130 cm³/mol. The molecule has 0 spiro atoms. The molecule has 0 radical (unpaired) electrons. The fraction of sp³-hybridized carbons (Fsp3) is 0.222. The monoisotopic (exact) mass is 471 g/mol. The van der Waals surface area contributed by atoms with E-state index < -0.39 is 5.97 Å². The van der Waals surface area contributed by atoms with Gasteiger partial charge in [0.05, 0.1) is 17.0 Å². The molecule has 7 heteroatoms. The van der Waals surface area contributed by atoms with E-state index in [2.05, 4.69) is 34.2 Å². The van der Waals surface area contributed by atoms with E-state index in [4.69, 9.17) is 10.1 Å². The molecule has 0 saturated carbocycles. The molecule has 3 heterocycles. The third kappa shape index (κ3) is 3.71. The fourth-order valence-electron chi connectivity index (χ4n) is 4.55. The molecule has 170 valence electrons. The highest BCUT2D eigenvalue weighted by Crippen LogP contribution is 2.45. The van der Waals surface area contributed by atoms with Crippen molar-refractivity contribution in [2.24, 2.45) is 5.92 Å². The number of nitrogens with zero attached hydrogens (tertiary/aromatic N) is 3. The second-order valence-electron chi connectivity index (χ2n) is 8.97. The first kappa shape index (κ1) is 21.1. The lowest BCUT2D eigenvalue weighted by atomic mass is 9.89. The maximum absolute atomic E-state index is 15.0. The summed E-state index contributed by atoms with van der Waals surface area (Å²) in [5.41, 5.74) is 4.02. The van der Waals surface area contributed by atoms with Crippen LogP contribution in [-0.4, -0.2) is 45.6 Å². The standard InChI is InChI=1S/C27H22FN3O2S/c28-21-14-17(10-13-31-15-18(16-31)26(32)33)6-7-20(21)24-29-22-8-9-23(30-25(22)34-24)27(11-12-27)19-4-2-1-3-5-19/h1-9,11-12,14,18H,10,13,15-16H2,(H,32,33). The second kappa shape index (κ2) is 8.11. The van der Waals surface area contributed by atoms with Crippen molar-refractivity contribution >= 4 is 27.7 Å². The second-order valence-corrected chi connectivity index (χ2v) is 9.94. The van der Waals surface area contributed by atoms with Gasteiger partial charge in [0.25, 0.3) is 0 Å². The Hall–Kier alpha value is -3.42. The Morgan fingerprint density at radius 2 is 1.88 bits per heavy atom. The lowest BCUT2D eigenvalue weighted by Gasteiger charge is -2.36. The number of benzene rings is 2. The van der Waals surface area contributed by atoms with Crippen LogP contribution in [0.3, 0.4) is 0 Å². The summed E-state index contributed by atoms with van der Waals surface area (Å²) < 4.78 is 15.0. The zero-order valence-corrected chi connectivity index (χ0v) is 19.1. The molecule has 34 heavy (non-hydrogen) atoms. The van der Waals surface area contributed by atoms with Crippen LogP contribution in [-0.2, 0) is 16.6 Å². The number of fused-ring (bicyclic) bond motifs is 1. The van der Waals surface area contributed by atoms with Gasteiger partial charge in [-0.05, 0) is 41.8 Å². The van der Waals surface area contributed by atoms with Crippen LogP contribution in [0.2, 0.25) is 0 Å². The molecule has 1 fully saturated rings. The van der Waals surface area contributed by atoms with Gasteiger partial charge in [-0.15, -0.1) is 0 Å². The van der Waals surface area contributed by atoms with Gasteiger partial charge in [0.15, 0.2) is 0 Å². The lowest BCUT2D eigenvalue weighted by Crippen LogP contribution is -2.50. The van der Waals surface area contributed by atoms with Crippen LogP contribution >= 0.6 is 11.3 Å². The van der Waals surface area contributed by atoms with Crippen LogP contribution in [0.5, 0.6) is 0 Å². The highest BCUT2D eigenvalue weighted by atomic mass is 32.1. The number of allylic oxidation sites excluding steroid dienone is 2. The third-order valence-electron chi connectivity index (χ3n) is 6.72. The fourth-order valence-corrected chi connectivity index (χ4v) is 5.52. The number of carbonyl (C=O) groups is 1. The SMILES string of the molecule is O=C(O)C1CN(CCc2ccc(-c3nc4ccc(C5(c6ccccc6)C=C5)nc4s3)c(F)c2)C1. The Balaban J connectivity index is 1.20. The molecule has 5 nitrogen and oxygen atoms in total. The summed E-state index contributed by atoms with van der Waals surface area (Å²) in [4.78, 5) is 23.3. The number of halogens is 1.